The standard InChI is InChI=1S/C22H22N4O2S/c1-14-6-5-7-19(26-22(27)25(4)23-24-26)18(14)13-28-20-10-9-17(12-15(20)2)21-11-8-16(3)29-21/h5-12H,13H2,1-4H3. The Bertz CT molecular complexity index is 1240. The van der Waals surface area contributed by atoms with E-state index in [1.807, 2.05) is 38.1 Å². The van der Waals surface area contributed by atoms with Crippen molar-refractivity contribution in [2.75, 3.05) is 0 Å². The molecule has 0 fully saturated rings. The number of rotatable bonds is 5. The predicted octanol–water partition coefficient (Wildman–Crippen LogP) is 4.20. The zero-order valence-electron chi connectivity index (χ0n) is 16.8. The predicted molar refractivity (Wildman–Crippen MR) is 115 cm³/mol. The van der Waals surface area contributed by atoms with Gasteiger partial charge in [0.2, 0.25) is 0 Å². The van der Waals surface area contributed by atoms with Crippen molar-refractivity contribution in [3.8, 4) is 21.9 Å². The lowest BCUT2D eigenvalue weighted by molar-refractivity contribution is 0.302. The number of aromatic nitrogens is 4. The van der Waals surface area contributed by atoms with Gasteiger partial charge in [-0.3, -0.25) is 0 Å². The molecule has 4 rings (SSSR count). The van der Waals surface area contributed by atoms with Crippen LogP contribution in [0.25, 0.3) is 16.1 Å². The van der Waals surface area contributed by atoms with Crippen LogP contribution in [-0.2, 0) is 13.7 Å². The van der Waals surface area contributed by atoms with Gasteiger partial charge in [-0.15, -0.1) is 11.3 Å². The number of thiophene rings is 1. The summed E-state index contributed by atoms with van der Waals surface area (Å²) in [6.07, 6.45) is 0. The maximum absolute atomic E-state index is 12.3. The molecule has 2 aromatic heterocycles. The highest BCUT2D eigenvalue weighted by atomic mass is 32.1. The van der Waals surface area contributed by atoms with Crippen LogP contribution < -0.4 is 10.4 Å². The van der Waals surface area contributed by atoms with E-state index in [1.165, 1.54) is 24.7 Å². The van der Waals surface area contributed by atoms with E-state index in [-0.39, 0.29) is 5.69 Å². The molecule has 0 saturated heterocycles. The largest absolute Gasteiger partial charge is 0.489 e. The fourth-order valence-corrected chi connectivity index (χ4v) is 4.11. The topological polar surface area (TPSA) is 61.9 Å². The Labute approximate surface area is 173 Å². The molecule has 0 saturated carbocycles. The van der Waals surface area contributed by atoms with Crippen molar-refractivity contribution in [2.24, 2.45) is 7.05 Å². The van der Waals surface area contributed by atoms with E-state index in [4.69, 9.17) is 4.74 Å². The van der Waals surface area contributed by atoms with Gasteiger partial charge in [-0.25, -0.2) is 4.79 Å². The molecule has 7 heteroatoms. The van der Waals surface area contributed by atoms with Crippen LogP contribution >= 0.6 is 11.3 Å². The lowest BCUT2D eigenvalue weighted by atomic mass is 10.1. The summed E-state index contributed by atoms with van der Waals surface area (Å²) >= 11 is 1.78. The van der Waals surface area contributed by atoms with Crippen molar-refractivity contribution in [1.82, 2.24) is 19.8 Å². The molecule has 0 amide bonds. The number of benzene rings is 2. The van der Waals surface area contributed by atoms with Crippen LogP contribution in [0.5, 0.6) is 5.75 Å². The van der Waals surface area contributed by atoms with E-state index >= 15 is 0 Å². The van der Waals surface area contributed by atoms with Crippen LogP contribution in [-0.4, -0.2) is 19.8 Å². The highest BCUT2D eigenvalue weighted by molar-refractivity contribution is 7.15. The van der Waals surface area contributed by atoms with E-state index in [0.717, 1.165) is 22.4 Å². The number of tetrazole rings is 1. The lowest BCUT2D eigenvalue weighted by Crippen LogP contribution is -2.23. The lowest BCUT2D eigenvalue weighted by Gasteiger charge is -2.14. The first-order chi connectivity index (χ1) is 13.9. The quantitative estimate of drug-likeness (QED) is 0.498. The number of nitrogens with zero attached hydrogens (tertiary/aromatic N) is 4. The monoisotopic (exact) mass is 406 g/mol. The first kappa shape index (κ1) is 19.1. The van der Waals surface area contributed by atoms with Gasteiger partial charge in [0, 0.05) is 22.4 Å². The Hall–Kier alpha value is -3.19. The number of ether oxygens (including phenoxy) is 1. The van der Waals surface area contributed by atoms with Gasteiger partial charge in [0.1, 0.15) is 12.4 Å². The maximum Gasteiger partial charge on any atom is 0.368 e. The molecule has 0 aliphatic carbocycles. The molecule has 0 radical (unpaired) electrons. The third-order valence-electron chi connectivity index (χ3n) is 4.91. The zero-order valence-corrected chi connectivity index (χ0v) is 17.7. The molecule has 0 N–H and O–H groups in total. The molecule has 29 heavy (non-hydrogen) atoms. The first-order valence-corrected chi connectivity index (χ1v) is 10.1. The van der Waals surface area contributed by atoms with Gasteiger partial charge >= 0.3 is 5.69 Å². The molecule has 0 aliphatic rings. The van der Waals surface area contributed by atoms with Crippen LogP contribution in [0.3, 0.4) is 0 Å². The van der Waals surface area contributed by atoms with Gasteiger partial charge in [-0.1, -0.05) is 12.1 Å². The minimum absolute atomic E-state index is 0.288. The summed E-state index contributed by atoms with van der Waals surface area (Å²) in [5.74, 6) is 0.822. The molecule has 0 bridgehead atoms. The van der Waals surface area contributed by atoms with Gasteiger partial charge in [0.15, 0.2) is 0 Å². The van der Waals surface area contributed by atoms with E-state index in [2.05, 4.69) is 41.6 Å². The van der Waals surface area contributed by atoms with E-state index in [9.17, 15) is 4.79 Å². The van der Waals surface area contributed by atoms with E-state index < -0.39 is 0 Å². The SMILES string of the molecule is Cc1ccc(-c2ccc(OCc3c(C)cccc3-n3nnn(C)c3=O)c(C)c2)s1. The van der Waals surface area contributed by atoms with Crippen LogP contribution in [0.1, 0.15) is 21.6 Å². The molecule has 4 aromatic rings. The summed E-state index contributed by atoms with van der Waals surface area (Å²) in [6.45, 7) is 6.49. The molecule has 2 heterocycles. The van der Waals surface area contributed by atoms with E-state index in [0.29, 0.717) is 12.3 Å². The van der Waals surface area contributed by atoms with Gasteiger partial charge in [-0.05, 0) is 84.3 Å². The van der Waals surface area contributed by atoms with Crippen LogP contribution in [0.2, 0.25) is 0 Å². The molecule has 2 aromatic carbocycles. The van der Waals surface area contributed by atoms with Crippen molar-refractivity contribution >= 4 is 11.3 Å². The smallest absolute Gasteiger partial charge is 0.368 e. The van der Waals surface area contributed by atoms with Crippen LogP contribution in [0.4, 0.5) is 0 Å². The molecule has 6 nitrogen and oxygen atoms in total. The fraction of sp³-hybridized carbons (Fsp3) is 0.227. The molecule has 0 unspecified atom stereocenters. The fourth-order valence-electron chi connectivity index (χ4n) is 3.24. The third-order valence-corrected chi connectivity index (χ3v) is 5.96. The van der Waals surface area contributed by atoms with Gasteiger partial charge in [0.05, 0.1) is 5.69 Å². The second-order valence-corrected chi connectivity index (χ2v) is 8.34. The summed E-state index contributed by atoms with van der Waals surface area (Å²) < 4.78 is 8.66. The molecule has 0 atom stereocenters. The Morgan fingerprint density at radius 2 is 1.83 bits per heavy atom. The van der Waals surface area contributed by atoms with Gasteiger partial charge in [0.25, 0.3) is 0 Å². The number of hydrogen-bond donors (Lipinski definition) is 0. The summed E-state index contributed by atoms with van der Waals surface area (Å²) in [5.41, 5.74) is 4.60. The van der Waals surface area contributed by atoms with Crippen molar-refractivity contribution in [3.63, 3.8) is 0 Å². The highest BCUT2D eigenvalue weighted by Gasteiger charge is 2.14. The summed E-state index contributed by atoms with van der Waals surface area (Å²) in [5, 5.41) is 7.78. The van der Waals surface area contributed by atoms with Gasteiger partial charge < -0.3 is 4.74 Å². The summed E-state index contributed by atoms with van der Waals surface area (Å²) in [7, 11) is 1.58. The Morgan fingerprint density at radius 1 is 1.00 bits per heavy atom. The first-order valence-electron chi connectivity index (χ1n) is 9.32. The summed E-state index contributed by atoms with van der Waals surface area (Å²) in [6, 6.07) is 16.3. The Balaban J connectivity index is 1.61. The Kier molecular flexibility index (Phi) is 5.07. The Morgan fingerprint density at radius 3 is 2.48 bits per heavy atom. The maximum atomic E-state index is 12.3. The summed E-state index contributed by atoms with van der Waals surface area (Å²) in [4.78, 5) is 14.8. The second kappa shape index (κ2) is 7.67. The molecular formula is C22H22N4O2S. The molecule has 0 spiro atoms. The zero-order chi connectivity index (χ0) is 20.5. The second-order valence-electron chi connectivity index (χ2n) is 7.05. The minimum Gasteiger partial charge on any atom is -0.489 e. The van der Waals surface area contributed by atoms with Gasteiger partial charge in [-0.2, -0.15) is 9.36 Å². The van der Waals surface area contributed by atoms with Crippen molar-refractivity contribution in [2.45, 2.75) is 27.4 Å². The average Bonchev–Trinajstić information content (AvgIpc) is 3.27. The normalized spacial score (nSPS) is 11.0. The number of hydrogen-bond acceptors (Lipinski definition) is 5. The minimum atomic E-state index is -0.288. The molecular weight excluding hydrogens is 384 g/mol. The van der Waals surface area contributed by atoms with Crippen molar-refractivity contribution in [3.05, 3.63) is 80.6 Å². The number of aryl methyl sites for hydroxylation is 4. The van der Waals surface area contributed by atoms with E-state index in [1.54, 1.807) is 18.4 Å². The average molecular weight is 407 g/mol. The highest BCUT2D eigenvalue weighted by Crippen LogP contribution is 2.31. The van der Waals surface area contributed by atoms with Crippen LogP contribution in [0.15, 0.2) is 53.3 Å². The van der Waals surface area contributed by atoms with Crippen molar-refractivity contribution in [1.29, 1.82) is 0 Å². The third kappa shape index (κ3) is 3.73. The van der Waals surface area contributed by atoms with Crippen molar-refractivity contribution < 1.29 is 4.74 Å². The molecule has 148 valence electrons. The van der Waals surface area contributed by atoms with Crippen LogP contribution in [0, 0.1) is 20.8 Å². The molecule has 0 aliphatic heterocycles.